The number of hydrogen-bond acceptors (Lipinski definition) is 3. The molecule has 2 rings (SSSR count). The van der Waals surface area contributed by atoms with Gasteiger partial charge in [0.15, 0.2) is 0 Å². The molecule has 0 radical (unpaired) electrons. The zero-order chi connectivity index (χ0) is 13.0. The number of nitrogens with zero attached hydrogens (tertiary/aromatic N) is 1. The Bertz CT molecular complexity index is 380. The maximum Gasteiger partial charge on any atom is 0.0816 e. The first-order valence-corrected chi connectivity index (χ1v) is 6.76. The van der Waals surface area contributed by atoms with Crippen LogP contribution in [0, 0.1) is 0 Å². The van der Waals surface area contributed by atoms with Crippen molar-refractivity contribution in [3.63, 3.8) is 0 Å². The first kappa shape index (κ1) is 13.8. The molecule has 18 heavy (non-hydrogen) atoms. The lowest BCUT2D eigenvalue weighted by atomic mass is 10.1. The molecule has 0 aliphatic carbocycles. The van der Waals surface area contributed by atoms with E-state index >= 15 is 0 Å². The van der Waals surface area contributed by atoms with Crippen molar-refractivity contribution in [1.82, 2.24) is 4.90 Å². The van der Waals surface area contributed by atoms with E-state index in [4.69, 9.17) is 16.3 Å². The summed E-state index contributed by atoms with van der Waals surface area (Å²) in [5.41, 5.74) is 0.815. The molecule has 1 fully saturated rings. The third-order valence-electron chi connectivity index (χ3n) is 3.55. The SMILES string of the molecule is CN(CCC(O)c1ccccc1Cl)C1CCOC1. The molecular formula is C14H20ClNO2. The lowest BCUT2D eigenvalue weighted by molar-refractivity contribution is 0.124. The molecule has 0 spiro atoms. The van der Waals surface area contributed by atoms with Crippen LogP contribution < -0.4 is 0 Å². The number of rotatable bonds is 5. The number of benzene rings is 1. The van der Waals surface area contributed by atoms with Gasteiger partial charge < -0.3 is 14.7 Å². The lowest BCUT2D eigenvalue weighted by Crippen LogP contribution is -2.33. The van der Waals surface area contributed by atoms with E-state index in [1.165, 1.54) is 0 Å². The zero-order valence-electron chi connectivity index (χ0n) is 10.7. The van der Waals surface area contributed by atoms with Crippen LogP contribution in [0.1, 0.15) is 24.5 Å². The minimum atomic E-state index is -0.497. The Kier molecular flexibility index (Phi) is 5.01. The Hall–Kier alpha value is -0.610. The van der Waals surface area contributed by atoms with Gasteiger partial charge in [0, 0.05) is 24.2 Å². The van der Waals surface area contributed by atoms with Crippen molar-refractivity contribution in [2.45, 2.75) is 25.0 Å². The Labute approximate surface area is 113 Å². The molecule has 1 heterocycles. The molecule has 1 saturated heterocycles. The molecule has 3 nitrogen and oxygen atoms in total. The molecule has 100 valence electrons. The maximum absolute atomic E-state index is 10.2. The summed E-state index contributed by atoms with van der Waals surface area (Å²) in [6.07, 6.45) is 1.28. The van der Waals surface area contributed by atoms with Crippen molar-refractivity contribution in [3.05, 3.63) is 34.9 Å². The Morgan fingerprint density at radius 3 is 2.94 bits per heavy atom. The standard InChI is InChI=1S/C14H20ClNO2/c1-16(11-7-9-18-10-11)8-6-14(17)12-4-2-3-5-13(12)15/h2-5,11,14,17H,6-10H2,1H3. The first-order valence-electron chi connectivity index (χ1n) is 6.39. The number of hydrogen-bond donors (Lipinski definition) is 1. The number of ether oxygens (including phenoxy) is 1. The number of likely N-dealkylation sites (N-methyl/N-ethyl adjacent to an activating group) is 1. The van der Waals surface area contributed by atoms with Crippen LogP contribution >= 0.6 is 11.6 Å². The van der Waals surface area contributed by atoms with Crippen molar-refractivity contribution in [2.24, 2.45) is 0 Å². The quantitative estimate of drug-likeness (QED) is 0.891. The van der Waals surface area contributed by atoms with Crippen molar-refractivity contribution in [2.75, 3.05) is 26.8 Å². The third-order valence-corrected chi connectivity index (χ3v) is 3.89. The Morgan fingerprint density at radius 1 is 1.50 bits per heavy atom. The highest BCUT2D eigenvalue weighted by molar-refractivity contribution is 6.31. The van der Waals surface area contributed by atoms with Crippen LogP contribution in [0.3, 0.4) is 0 Å². The number of aliphatic hydroxyl groups is 1. The molecule has 4 heteroatoms. The van der Waals surface area contributed by atoms with Gasteiger partial charge in [-0.2, -0.15) is 0 Å². The van der Waals surface area contributed by atoms with E-state index < -0.39 is 6.10 Å². The maximum atomic E-state index is 10.2. The smallest absolute Gasteiger partial charge is 0.0816 e. The molecular weight excluding hydrogens is 250 g/mol. The van der Waals surface area contributed by atoms with Gasteiger partial charge in [0.2, 0.25) is 0 Å². The molecule has 0 aromatic heterocycles. The van der Waals surface area contributed by atoms with Gasteiger partial charge in [-0.15, -0.1) is 0 Å². The summed E-state index contributed by atoms with van der Waals surface area (Å²) in [6, 6.07) is 7.96. The molecule has 1 aromatic rings. The van der Waals surface area contributed by atoms with Crippen LogP contribution in [-0.4, -0.2) is 42.9 Å². The Morgan fingerprint density at radius 2 is 2.28 bits per heavy atom. The first-order chi connectivity index (χ1) is 8.68. The molecule has 1 N–H and O–H groups in total. The van der Waals surface area contributed by atoms with Crippen molar-refractivity contribution in [1.29, 1.82) is 0 Å². The van der Waals surface area contributed by atoms with Crippen LogP contribution in [0.25, 0.3) is 0 Å². The predicted octanol–water partition coefficient (Wildman–Crippen LogP) is 2.48. The highest BCUT2D eigenvalue weighted by atomic mass is 35.5. The van der Waals surface area contributed by atoms with Crippen LogP contribution in [-0.2, 0) is 4.74 Å². The number of halogens is 1. The van der Waals surface area contributed by atoms with Crippen LogP contribution in [0.5, 0.6) is 0 Å². The molecule has 0 amide bonds. The van der Waals surface area contributed by atoms with Crippen molar-refractivity contribution >= 4 is 11.6 Å². The summed E-state index contributed by atoms with van der Waals surface area (Å²) in [6.45, 7) is 2.50. The van der Waals surface area contributed by atoms with E-state index in [0.29, 0.717) is 17.5 Å². The van der Waals surface area contributed by atoms with Crippen LogP contribution in [0.2, 0.25) is 5.02 Å². The van der Waals surface area contributed by atoms with E-state index in [1.807, 2.05) is 24.3 Å². The van der Waals surface area contributed by atoms with E-state index in [0.717, 1.165) is 31.7 Å². The molecule has 1 aliphatic rings. The number of aliphatic hydroxyl groups excluding tert-OH is 1. The summed E-state index contributed by atoms with van der Waals surface area (Å²) in [7, 11) is 2.08. The minimum absolute atomic E-state index is 0.489. The minimum Gasteiger partial charge on any atom is -0.388 e. The van der Waals surface area contributed by atoms with Crippen LogP contribution in [0.15, 0.2) is 24.3 Å². The predicted molar refractivity (Wildman–Crippen MR) is 72.9 cm³/mol. The molecule has 2 atom stereocenters. The van der Waals surface area contributed by atoms with Gasteiger partial charge in [0.05, 0.1) is 12.7 Å². The van der Waals surface area contributed by atoms with Crippen molar-refractivity contribution in [3.8, 4) is 0 Å². The summed E-state index contributed by atoms with van der Waals surface area (Å²) in [5, 5.41) is 10.8. The topological polar surface area (TPSA) is 32.7 Å². The summed E-state index contributed by atoms with van der Waals surface area (Å²) < 4.78 is 5.36. The van der Waals surface area contributed by atoms with E-state index in [-0.39, 0.29) is 0 Å². The lowest BCUT2D eigenvalue weighted by Gasteiger charge is -2.24. The van der Waals surface area contributed by atoms with E-state index in [1.54, 1.807) is 0 Å². The van der Waals surface area contributed by atoms with Gasteiger partial charge in [0.25, 0.3) is 0 Å². The average molecular weight is 270 g/mol. The molecule has 1 aromatic carbocycles. The summed E-state index contributed by atoms with van der Waals surface area (Å²) in [4.78, 5) is 2.26. The third kappa shape index (κ3) is 3.45. The largest absolute Gasteiger partial charge is 0.388 e. The van der Waals surface area contributed by atoms with Gasteiger partial charge in [-0.25, -0.2) is 0 Å². The fourth-order valence-corrected chi connectivity index (χ4v) is 2.54. The fraction of sp³-hybridized carbons (Fsp3) is 0.571. The summed E-state index contributed by atoms with van der Waals surface area (Å²) in [5.74, 6) is 0. The monoisotopic (exact) mass is 269 g/mol. The second-order valence-corrected chi connectivity index (χ2v) is 5.23. The second-order valence-electron chi connectivity index (χ2n) is 4.82. The second kappa shape index (κ2) is 6.53. The van der Waals surface area contributed by atoms with E-state index in [2.05, 4.69) is 11.9 Å². The highest BCUT2D eigenvalue weighted by Gasteiger charge is 2.21. The zero-order valence-corrected chi connectivity index (χ0v) is 11.4. The van der Waals surface area contributed by atoms with Crippen molar-refractivity contribution < 1.29 is 9.84 Å². The van der Waals surface area contributed by atoms with Gasteiger partial charge in [-0.1, -0.05) is 29.8 Å². The van der Waals surface area contributed by atoms with Gasteiger partial charge >= 0.3 is 0 Å². The average Bonchev–Trinajstić information content (AvgIpc) is 2.90. The molecule has 0 bridgehead atoms. The summed E-state index contributed by atoms with van der Waals surface area (Å²) >= 11 is 6.07. The molecule has 2 unspecified atom stereocenters. The highest BCUT2D eigenvalue weighted by Crippen LogP contribution is 2.25. The normalized spacial score (nSPS) is 21.4. The van der Waals surface area contributed by atoms with Crippen LogP contribution in [0.4, 0.5) is 0 Å². The van der Waals surface area contributed by atoms with Gasteiger partial charge in [-0.3, -0.25) is 0 Å². The Balaban J connectivity index is 1.84. The van der Waals surface area contributed by atoms with Gasteiger partial charge in [-0.05, 0) is 31.5 Å². The van der Waals surface area contributed by atoms with E-state index in [9.17, 15) is 5.11 Å². The molecule has 0 saturated carbocycles. The van der Waals surface area contributed by atoms with Gasteiger partial charge in [0.1, 0.15) is 0 Å². The molecule has 1 aliphatic heterocycles. The fourth-order valence-electron chi connectivity index (χ4n) is 2.28.